The predicted octanol–water partition coefficient (Wildman–Crippen LogP) is 2.25. The molecule has 1 fully saturated rings. The van der Waals surface area contributed by atoms with E-state index in [9.17, 15) is 4.79 Å². The smallest absolute Gasteiger partial charge is 0.233 e. The number of nitrogens with one attached hydrogen (secondary N) is 2. The number of hydrogen-bond donors (Lipinski definition) is 2. The van der Waals surface area contributed by atoms with Crippen molar-refractivity contribution in [3.05, 3.63) is 27.8 Å². The van der Waals surface area contributed by atoms with Gasteiger partial charge in [-0.15, -0.1) is 0 Å². The van der Waals surface area contributed by atoms with Crippen LogP contribution in [0.1, 0.15) is 12.8 Å². The molecule has 2 rings (SSSR count). The Morgan fingerprint density at radius 1 is 1.37 bits per heavy atom. The molecule has 1 aliphatic heterocycles. The normalized spacial score (nSPS) is 18.0. The number of carbonyl (C=O) groups excluding carboxylic acids is 1. The maximum atomic E-state index is 12.5. The fraction of sp³-hybridized carbons (Fsp3) is 0.500. The molecule has 1 saturated heterocycles. The number of halogens is 1. The lowest BCUT2D eigenvalue weighted by Crippen LogP contribution is -2.47. The van der Waals surface area contributed by atoms with Crippen LogP contribution in [0, 0.1) is 8.99 Å². The summed E-state index contributed by atoms with van der Waals surface area (Å²) in [5, 5.41) is 6.30. The first-order chi connectivity index (χ1) is 9.16. The Labute approximate surface area is 127 Å². The monoisotopic (exact) mass is 374 g/mol. The molecule has 0 radical (unpaired) electrons. The topological polar surface area (TPSA) is 50.4 Å². The average Bonchev–Trinajstić information content (AvgIpc) is 2.43. The molecule has 5 heteroatoms. The van der Waals surface area contributed by atoms with Gasteiger partial charge >= 0.3 is 0 Å². The number of piperidine rings is 1. The molecular weight excluding hydrogens is 355 g/mol. The Kier molecular flexibility index (Phi) is 5.18. The van der Waals surface area contributed by atoms with Crippen molar-refractivity contribution in [3.63, 3.8) is 0 Å². The van der Waals surface area contributed by atoms with E-state index in [-0.39, 0.29) is 5.91 Å². The van der Waals surface area contributed by atoms with Gasteiger partial charge in [0.15, 0.2) is 0 Å². The van der Waals surface area contributed by atoms with Gasteiger partial charge in [-0.05, 0) is 72.8 Å². The number of amides is 1. The zero-order valence-electron chi connectivity index (χ0n) is 11.0. The predicted molar refractivity (Wildman–Crippen MR) is 84.2 cm³/mol. The van der Waals surface area contributed by atoms with E-state index in [2.05, 4.69) is 33.2 Å². The van der Waals surface area contributed by atoms with Crippen LogP contribution in [0.25, 0.3) is 0 Å². The van der Waals surface area contributed by atoms with Gasteiger partial charge in [0.2, 0.25) is 5.91 Å². The van der Waals surface area contributed by atoms with Gasteiger partial charge in [-0.1, -0.05) is 0 Å². The number of ether oxygens (including phenoxy) is 1. The van der Waals surface area contributed by atoms with Crippen LogP contribution >= 0.6 is 22.6 Å². The molecule has 1 amide bonds. The van der Waals surface area contributed by atoms with E-state index in [0.29, 0.717) is 6.61 Å². The summed E-state index contributed by atoms with van der Waals surface area (Å²) in [6, 6.07) is 7.84. The van der Waals surface area contributed by atoms with Crippen LogP contribution in [-0.4, -0.2) is 32.7 Å². The Morgan fingerprint density at radius 2 is 2.00 bits per heavy atom. The molecular formula is C14H19IN2O2. The Balaban J connectivity index is 2.09. The minimum atomic E-state index is -0.400. The molecule has 0 aliphatic carbocycles. The summed E-state index contributed by atoms with van der Waals surface area (Å²) < 4.78 is 6.43. The van der Waals surface area contributed by atoms with Crippen molar-refractivity contribution in [2.24, 2.45) is 5.41 Å². The molecule has 0 aromatic heterocycles. The molecule has 2 N–H and O–H groups in total. The summed E-state index contributed by atoms with van der Waals surface area (Å²) in [6.07, 6.45) is 1.63. The third kappa shape index (κ3) is 3.67. The number of hydrogen-bond acceptors (Lipinski definition) is 3. The fourth-order valence-electron chi connectivity index (χ4n) is 2.42. The number of rotatable bonds is 4. The van der Waals surface area contributed by atoms with E-state index < -0.39 is 5.41 Å². The molecule has 1 aromatic rings. The largest absolute Gasteiger partial charge is 0.384 e. The molecule has 0 unspecified atom stereocenters. The highest BCUT2D eigenvalue weighted by molar-refractivity contribution is 14.1. The first kappa shape index (κ1) is 14.7. The van der Waals surface area contributed by atoms with Gasteiger partial charge in [-0.25, -0.2) is 0 Å². The van der Waals surface area contributed by atoms with E-state index in [4.69, 9.17) is 4.74 Å². The molecule has 1 aromatic carbocycles. The summed E-state index contributed by atoms with van der Waals surface area (Å²) in [7, 11) is 1.65. The minimum absolute atomic E-state index is 0.0667. The number of carbonyl (C=O) groups is 1. The third-order valence-electron chi connectivity index (χ3n) is 3.57. The van der Waals surface area contributed by atoms with Crippen molar-refractivity contribution >= 4 is 34.2 Å². The molecule has 0 saturated carbocycles. The quantitative estimate of drug-likeness (QED) is 0.795. The zero-order valence-corrected chi connectivity index (χ0v) is 13.2. The highest BCUT2D eigenvalue weighted by atomic mass is 127. The van der Waals surface area contributed by atoms with Crippen LogP contribution in [0.4, 0.5) is 5.69 Å². The SMILES string of the molecule is COCC1(C(=O)Nc2ccc(I)cc2)CCNCC1. The Bertz CT molecular complexity index is 422. The van der Waals surface area contributed by atoms with Crippen LogP contribution in [0.5, 0.6) is 0 Å². The fourth-order valence-corrected chi connectivity index (χ4v) is 2.78. The lowest BCUT2D eigenvalue weighted by Gasteiger charge is -2.35. The van der Waals surface area contributed by atoms with Crippen molar-refractivity contribution in [1.82, 2.24) is 5.32 Å². The average molecular weight is 374 g/mol. The maximum absolute atomic E-state index is 12.5. The second kappa shape index (κ2) is 6.67. The molecule has 0 spiro atoms. The Morgan fingerprint density at radius 3 is 2.58 bits per heavy atom. The van der Waals surface area contributed by atoms with Crippen molar-refractivity contribution in [2.45, 2.75) is 12.8 Å². The molecule has 0 atom stereocenters. The molecule has 104 valence electrons. The summed E-state index contributed by atoms with van der Waals surface area (Å²) in [5.74, 6) is 0.0667. The first-order valence-corrected chi connectivity index (χ1v) is 7.51. The maximum Gasteiger partial charge on any atom is 0.233 e. The number of anilines is 1. The van der Waals surface area contributed by atoms with E-state index in [1.54, 1.807) is 7.11 Å². The summed E-state index contributed by atoms with van der Waals surface area (Å²) in [5.41, 5.74) is 0.447. The molecule has 0 bridgehead atoms. The number of benzene rings is 1. The van der Waals surface area contributed by atoms with E-state index in [1.165, 1.54) is 0 Å². The number of methoxy groups -OCH3 is 1. The molecule has 1 heterocycles. The van der Waals surface area contributed by atoms with Crippen LogP contribution in [-0.2, 0) is 9.53 Å². The van der Waals surface area contributed by atoms with Crippen LogP contribution in [0.15, 0.2) is 24.3 Å². The van der Waals surface area contributed by atoms with E-state index in [0.717, 1.165) is 35.2 Å². The summed E-state index contributed by atoms with van der Waals surface area (Å²) in [4.78, 5) is 12.5. The standard InChI is InChI=1S/C14H19IN2O2/c1-19-10-14(6-8-16-9-7-14)13(18)17-12-4-2-11(15)3-5-12/h2-5,16H,6-10H2,1H3,(H,17,18). The zero-order chi connectivity index (χ0) is 13.7. The molecule has 19 heavy (non-hydrogen) atoms. The van der Waals surface area contributed by atoms with Gasteiger partial charge in [0, 0.05) is 16.4 Å². The summed E-state index contributed by atoms with van der Waals surface area (Å²) in [6.45, 7) is 2.21. The molecule has 4 nitrogen and oxygen atoms in total. The van der Waals surface area contributed by atoms with Crippen molar-refractivity contribution in [1.29, 1.82) is 0 Å². The van der Waals surface area contributed by atoms with Gasteiger partial charge in [0.1, 0.15) is 0 Å². The third-order valence-corrected chi connectivity index (χ3v) is 4.28. The minimum Gasteiger partial charge on any atom is -0.384 e. The van der Waals surface area contributed by atoms with Crippen LogP contribution in [0.3, 0.4) is 0 Å². The lowest BCUT2D eigenvalue weighted by molar-refractivity contribution is -0.130. The molecule has 1 aliphatic rings. The van der Waals surface area contributed by atoms with Crippen molar-refractivity contribution in [2.75, 3.05) is 32.1 Å². The van der Waals surface area contributed by atoms with Gasteiger partial charge in [-0.2, -0.15) is 0 Å². The first-order valence-electron chi connectivity index (χ1n) is 6.43. The Hall–Kier alpha value is -0.660. The highest BCUT2D eigenvalue weighted by Gasteiger charge is 2.39. The van der Waals surface area contributed by atoms with Gasteiger partial charge in [0.25, 0.3) is 0 Å². The highest BCUT2D eigenvalue weighted by Crippen LogP contribution is 2.30. The second-order valence-electron chi connectivity index (χ2n) is 4.92. The van der Waals surface area contributed by atoms with Crippen molar-refractivity contribution < 1.29 is 9.53 Å². The van der Waals surface area contributed by atoms with Gasteiger partial charge < -0.3 is 15.4 Å². The van der Waals surface area contributed by atoms with Gasteiger partial charge in [-0.3, -0.25) is 4.79 Å². The van der Waals surface area contributed by atoms with E-state index >= 15 is 0 Å². The lowest BCUT2D eigenvalue weighted by atomic mass is 9.78. The van der Waals surface area contributed by atoms with E-state index in [1.807, 2.05) is 24.3 Å². The van der Waals surface area contributed by atoms with Crippen LogP contribution < -0.4 is 10.6 Å². The summed E-state index contributed by atoms with van der Waals surface area (Å²) >= 11 is 2.25. The van der Waals surface area contributed by atoms with Crippen LogP contribution in [0.2, 0.25) is 0 Å². The second-order valence-corrected chi connectivity index (χ2v) is 6.17. The van der Waals surface area contributed by atoms with Gasteiger partial charge in [0.05, 0.1) is 12.0 Å². The van der Waals surface area contributed by atoms with Crippen molar-refractivity contribution in [3.8, 4) is 0 Å².